The number of nitrogens with one attached hydrogen (secondary N) is 2. The molecule has 1 aliphatic rings. The molecule has 4 heterocycles. The van der Waals surface area contributed by atoms with Gasteiger partial charge >= 0.3 is 6.09 Å². The van der Waals surface area contributed by atoms with Crippen molar-refractivity contribution in [2.24, 2.45) is 0 Å². The van der Waals surface area contributed by atoms with Crippen LogP contribution in [0.3, 0.4) is 0 Å². The van der Waals surface area contributed by atoms with E-state index in [4.69, 9.17) is 24.2 Å². The summed E-state index contributed by atoms with van der Waals surface area (Å²) in [6, 6.07) is 5.00. The summed E-state index contributed by atoms with van der Waals surface area (Å²) in [6.45, 7) is 13.6. The number of aromatic amines is 1. The Bertz CT molecular complexity index is 1520. The topological polar surface area (TPSA) is 132 Å². The van der Waals surface area contributed by atoms with Gasteiger partial charge in [-0.15, -0.1) is 0 Å². The first kappa shape index (κ1) is 30.5. The molecule has 0 bridgehead atoms. The Balaban J connectivity index is 1.46. The summed E-state index contributed by atoms with van der Waals surface area (Å²) in [7, 11) is 0.532. The number of hydrogen-bond donors (Lipinski definition) is 2. The average molecular weight is 607 g/mol. The Morgan fingerprint density at radius 2 is 2.00 bits per heavy atom. The molecule has 4 aromatic rings. The van der Waals surface area contributed by atoms with Gasteiger partial charge in [0.25, 0.3) is 0 Å². The number of aromatic nitrogens is 6. The predicted octanol–water partition coefficient (Wildman–Crippen LogP) is 6.05. The molecule has 1 fully saturated rings. The van der Waals surface area contributed by atoms with E-state index >= 15 is 0 Å². The molecule has 13 heteroatoms. The van der Waals surface area contributed by atoms with Crippen LogP contribution >= 0.6 is 0 Å². The summed E-state index contributed by atoms with van der Waals surface area (Å²) >= 11 is 0. The summed E-state index contributed by atoms with van der Waals surface area (Å²) in [5.41, 5.74) is 2.69. The van der Waals surface area contributed by atoms with Gasteiger partial charge < -0.3 is 29.0 Å². The summed E-state index contributed by atoms with van der Waals surface area (Å²) in [5.74, 6) is 0.837. The maximum atomic E-state index is 12.6. The number of hydrogen-bond acceptors (Lipinski definition) is 9. The Labute approximate surface area is 253 Å². The number of nitrogens with zero attached hydrogens (tertiary/aromatic N) is 6. The number of fused-ring (bicyclic) bond motifs is 1. The molecule has 230 valence electrons. The van der Waals surface area contributed by atoms with E-state index in [1.165, 1.54) is 0 Å². The number of amides is 1. The highest BCUT2D eigenvalue weighted by molar-refractivity contribution is 6.76. The Hall–Kier alpha value is -3.97. The Morgan fingerprint density at radius 3 is 2.65 bits per heavy atom. The van der Waals surface area contributed by atoms with Crippen molar-refractivity contribution in [2.75, 3.05) is 19.0 Å². The molecule has 0 aromatic carbocycles. The van der Waals surface area contributed by atoms with E-state index in [-0.39, 0.29) is 18.2 Å². The van der Waals surface area contributed by atoms with Gasteiger partial charge in [0.05, 0.1) is 17.3 Å². The van der Waals surface area contributed by atoms with Gasteiger partial charge in [0.1, 0.15) is 18.4 Å². The SMILES string of the molecule is CN(C(=O)OC(C)(C)C)C1CC(Oc2nc(Nc3cn[nH]c3)nc3c2c(-c2cccnc2)cn3COCC[Si](C)(C)C)C1. The molecule has 4 aromatic heterocycles. The quantitative estimate of drug-likeness (QED) is 0.155. The first-order valence-electron chi connectivity index (χ1n) is 14.6. The van der Waals surface area contributed by atoms with Crippen molar-refractivity contribution in [3.8, 4) is 17.0 Å². The van der Waals surface area contributed by atoms with Crippen molar-refractivity contribution in [2.45, 2.75) is 83.8 Å². The number of H-pyrrole nitrogens is 1. The van der Waals surface area contributed by atoms with Crippen LogP contribution in [0.25, 0.3) is 22.2 Å². The molecule has 1 amide bonds. The molecular weight excluding hydrogens is 564 g/mol. The molecule has 43 heavy (non-hydrogen) atoms. The van der Waals surface area contributed by atoms with Crippen LogP contribution in [0.2, 0.25) is 25.7 Å². The molecule has 1 aliphatic carbocycles. The molecule has 1 saturated carbocycles. The largest absolute Gasteiger partial charge is 0.474 e. The van der Waals surface area contributed by atoms with Crippen molar-refractivity contribution >= 4 is 36.8 Å². The average Bonchev–Trinajstić information content (AvgIpc) is 3.55. The molecular formula is C30H42N8O4Si. The molecule has 0 spiro atoms. The van der Waals surface area contributed by atoms with Gasteiger partial charge in [-0.1, -0.05) is 25.7 Å². The standard InChI is InChI=1S/C30H42N8O4Si/c1-30(2,3)42-29(39)37(4)22-13-23(14-22)41-27-25-24(20-9-8-10-31-15-20)18-38(19-40-11-12-43(5,6)7)26(25)35-28(36-27)34-21-16-32-33-17-21/h8-10,15-18,22-23H,11-14,19H2,1-7H3,(H,32,33)(H,34,35,36). The summed E-state index contributed by atoms with van der Waals surface area (Å²) in [4.78, 5) is 28.3. The van der Waals surface area contributed by atoms with Crippen molar-refractivity contribution in [1.82, 2.24) is 34.6 Å². The van der Waals surface area contributed by atoms with E-state index < -0.39 is 13.7 Å². The van der Waals surface area contributed by atoms with Crippen molar-refractivity contribution in [3.05, 3.63) is 43.1 Å². The van der Waals surface area contributed by atoms with Crippen LogP contribution in [0.1, 0.15) is 33.6 Å². The molecule has 5 rings (SSSR count). The fourth-order valence-corrected chi connectivity index (χ4v) is 5.47. The molecule has 0 saturated heterocycles. The Kier molecular flexibility index (Phi) is 8.74. The second-order valence-corrected chi connectivity index (χ2v) is 18.8. The van der Waals surface area contributed by atoms with Crippen LogP contribution in [-0.4, -0.2) is 80.2 Å². The van der Waals surface area contributed by atoms with Crippen LogP contribution < -0.4 is 10.1 Å². The fraction of sp³-hybridized carbons (Fsp3) is 0.500. The summed E-state index contributed by atoms with van der Waals surface area (Å²) in [6.07, 6.45) is 9.85. The number of rotatable bonds is 11. The van der Waals surface area contributed by atoms with Gasteiger partial charge in [-0.3, -0.25) is 10.1 Å². The van der Waals surface area contributed by atoms with Gasteiger partial charge in [0.15, 0.2) is 5.65 Å². The minimum atomic E-state index is -1.24. The van der Waals surface area contributed by atoms with Crippen LogP contribution in [0.4, 0.5) is 16.4 Å². The fourth-order valence-electron chi connectivity index (χ4n) is 4.72. The third-order valence-corrected chi connectivity index (χ3v) is 8.92. The molecule has 0 atom stereocenters. The van der Waals surface area contributed by atoms with Gasteiger partial charge in [-0.25, -0.2) is 4.79 Å². The third kappa shape index (κ3) is 7.71. The van der Waals surface area contributed by atoms with Crippen molar-refractivity contribution < 1.29 is 19.0 Å². The highest BCUT2D eigenvalue weighted by Gasteiger charge is 2.38. The maximum Gasteiger partial charge on any atom is 0.410 e. The number of carbonyl (C=O) groups is 1. The lowest BCUT2D eigenvalue weighted by atomic mass is 9.88. The lowest BCUT2D eigenvalue weighted by molar-refractivity contribution is -0.00927. The van der Waals surface area contributed by atoms with E-state index in [0.29, 0.717) is 43.7 Å². The molecule has 0 unspecified atom stereocenters. The van der Waals surface area contributed by atoms with Crippen LogP contribution in [0.5, 0.6) is 5.88 Å². The predicted molar refractivity (Wildman–Crippen MR) is 168 cm³/mol. The molecule has 0 radical (unpaired) electrons. The normalized spacial score (nSPS) is 17.0. The maximum absolute atomic E-state index is 12.6. The lowest BCUT2D eigenvalue weighted by Crippen LogP contribution is -2.51. The zero-order valence-corrected chi connectivity index (χ0v) is 27.0. The van der Waals surface area contributed by atoms with Gasteiger partial charge in [-0.05, 0) is 32.9 Å². The lowest BCUT2D eigenvalue weighted by Gasteiger charge is -2.40. The van der Waals surface area contributed by atoms with E-state index in [1.807, 2.05) is 49.9 Å². The number of ether oxygens (including phenoxy) is 3. The van der Waals surface area contributed by atoms with Crippen LogP contribution in [-0.2, 0) is 16.2 Å². The first-order chi connectivity index (χ1) is 20.4. The highest BCUT2D eigenvalue weighted by atomic mass is 28.3. The summed E-state index contributed by atoms with van der Waals surface area (Å²) < 4.78 is 20.3. The molecule has 12 nitrogen and oxygen atoms in total. The molecule has 0 aliphatic heterocycles. The third-order valence-electron chi connectivity index (χ3n) is 7.21. The van der Waals surface area contributed by atoms with Crippen molar-refractivity contribution in [3.63, 3.8) is 0 Å². The zero-order valence-electron chi connectivity index (χ0n) is 26.0. The van der Waals surface area contributed by atoms with Gasteiger partial charge in [0.2, 0.25) is 11.8 Å². The van der Waals surface area contributed by atoms with Crippen molar-refractivity contribution in [1.29, 1.82) is 0 Å². The number of anilines is 2. The van der Waals surface area contributed by atoms with E-state index in [1.54, 1.807) is 30.5 Å². The van der Waals surface area contributed by atoms with E-state index in [9.17, 15) is 4.79 Å². The van der Waals surface area contributed by atoms with Crippen LogP contribution in [0.15, 0.2) is 43.1 Å². The second kappa shape index (κ2) is 12.3. The zero-order chi connectivity index (χ0) is 30.8. The monoisotopic (exact) mass is 606 g/mol. The van der Waals surface area contributed by atoms with E-state index in [0.717, 1.165) is 28.2 Å². The number of pyridine rings is 1. The second-order valence-electron chi connectivity index (χ2n) is 13.2. The molecule has 2 N–H and O–H groups in total. The van der Waals surface area contributed by atoms with E-state index in [2.05, 4.69) is 40.1 Å². The minimum Gasteiger partial charge on any atom is -0.474 e. The highest BCUT2D eigenvalue weighted by Crippen LogP contribution is 2.39. The first-order valence-corrected chi connectivity index (χ1v) is 18.3. The van der Waals surface area contributed by atoms with Crippen LogP contribution in [0, 0.1) is 0 Å². The minimum absolute atomic E-state index is 0.0165. The van der Waals surface area contributed by atoms with Gasteiger partial charge in [0, 0.05) is 76.5 Å². The smallest absolute Gasteiger partial charge is 0.410 e. The summed E-state index contributed by atoms with van der Waals surface area (Å²) in [5, 5.41) is 10.8. The van der Waals surface area contributed by atoms with Gasteiger partial charge in [-0.2, -0.15) is 15.1 Å². The number of carbonyl (C=O) groups excluding carboxylic acids is 1. The Morgan fingerprint density at radius 1 is 1.21 bits per heavy atom.